The minimum absolute atomic E-state index is 0.146. The fourth-order valence-electron chi connectivity index (χ4n) is 2.12. The maximum Gasteiger partial charge on any atom is 0.0681 e. The summed E-state index contributed by atoms with van der Waals surface area (Å²) < 4.78 is 0. The number of unbranched alkanes of at least 4 members (excludes halogenated alkanes) is 2. The fourth-order valence-corrected chi connectivity index (χ4v) is 2.12. The average molecular weight is 248 g/mol. The van der Waals surface area contributed by atoms with Gasteiger partial charge in [-0.3, -0.25) is 0 Å². The van der Waals surface area contributed by atoms with Gasteiger partial charge in [0.25, 0.3) is 0 Å². The molecule has 1 heteroatoms. The first kappa shape index (κ1) is 15.2. The van der Waals surface area contributed by atoms with E-state index >= 15 is 0 Å². The highest BCUT2D eigenvalue weighted by molar-refractivity contribution is 5.21. The van der Waals surface area contributed by atoms with Gasteiger partial charge in [0.1, 0.15) is 0 Å². The van der Waals surface area contributed by atoms with Crippen molar-refractivity contribution in [1.29, 1.82) is 0 Å². The molecule has 0 aliphatic heterocycles. The third-order valence-electron chi connectivity index (χ3n) is 3.97. The Morgan fingerprint density at radius 3 is 2.06 bits per heavy atom. The summed E-state index contributed by atoms with van der Waals surface area (Å²) in [6.45, 7) is 7.13. The van der Waals surface area contributed by atoms with Crippen molar-refractivity contribution < 1.29 is 5.11 Å². The molecule has 1 unspecified atom stereocenters. The minimum Gasteiger partial charge on any atom is -0.392 e. The van der Waals surface area contributed by atoms with Gasteiger partial charge in [-0.15, -0.1) is 0 Å². The standard InChI is InChI=1S/C17H28O/c1-14(2)15(3)7-5-4-6-8-16-9-11-17(13-18)12-10-16/h9-12,14-15,18H,4-8,13H2,1-3H3. The minimum atomic E-state index is 0.146. The van der Waals surface area contributed by atoms with Gasteiger partial charge in [0.05, 0.1) is 6.61 Å². The lowest BCUT2D eigenvalue weighted by atomic mass is 9.92. The molecule has 0 aliphatic rings. The van der Waals surface area contributed by atoms with Crippen LogP contribution >= 0.6 is 0 Å². The van der Waals surface area contributed by atoms with Gasteiger partial charge < -0.3 is 5.11 Å². The van der Waals surface area contributed by atoms with Crippen molar-refractivity contribution in [3.8, 4) is 0 Å². The molecule has 0 fully saturated rings. The number of aliphatic hydroxyl groups is 1. The summed E-state index contributed by atoms with van der Waals surface area (Å²) in [5.74, 6) is 1.67. The van der Waals surface area contributed by atoms with Crippen LogP contribution in [-0.4, -0.2) is 5.11 Å². The number of hydrogen-bond acceptors (Lipinski definition) is 1. The Labute approximate surface area is 112 Å². The zero-order valence-electron chi connectivity index (χ0n) is 12.2. The van der Waals surface area contributed by atoms with Crippen molar-refractivity contribution in [2.24, 2.45) is 11.8 Å². The topological polar surface area (TPSA) is 20.2 Å². The first-order chi connectivity index (χ1) is 8.63. The molecule has 18 heavy (non-hydrogen) atoms. The highest BCUT2D eigenvalue weighted by Gasteiger charge is 2.05. The van der Waals surface area contributed by atoms with Crippen LogP contribution in [0.4, 0.5) is 0 Å². The van der Waals surface area contributed by atoms with E-state index in [4.69, 9.17) is 5.11 Å². The van der Waals surface area contributed by atoms with Crippen molar-refractivity contribution in [2.75, 3.05) is 0 Å². The quantitative estimate of drug-likeness (QED) is 0.668. The normalized spacial score (nSPS) is 12.9. The largest absolute Gasteiger partial charge is 0.392 e. The third kappa shape index (κ3) is 5.68. The number of rotatable bonds is 8. The van der Waals surface area contributed by atoms with Gasteiger partial charge in [-0.05, 0) is 35.8 Å². The number of benzene rings is 1. The molecule has 1 N–H and O–H groups in total. The maximum absolute atomic E-state index is 8.97. The van der Waals surface area contributed by atoms with Crippen LogP contribution in [0.2, 0.25) is 0 Å². The van der Waals surface area contributed by atoms with Gasteiger partial charge in [0, 0.05) is 0 Å². The summed E-state index contributed by atoms with van der Waals surface area (Å²) in [5, 5.41) is 8.97. The number of hydrogen-bond donors (Lipinski definition) is 1. The van der Waals surface area contributed by atoms with Crippen LogP contribution in [0.5, 0.6) is 0 Å². The molecule has 0 spiro atoms. The van der Waals surface area contributed by atoms with E-state index in [2.05, 4.69) is 32.9 Å². The molecule has 1 aromatic rings. The Morgan fingerprint density at radius 1 is 0.889 bits per heavy atom. The molecule has 0 heterocycles. The molecule has 102 valence electrons. The third-order valence-corrected chi connectivity index (χ3v) is 3.97. The molecule has 1 atom stereocenters. The van der Waals surface area contributed by atoms with Gasteiger partial charge in [-0.2, -0.15) is 0 Å². The second kappa shape index (κ2) is 8.31. The molecule has 0 radical (unpaired) electrons. The van der Waals surface area contributed by atoms with Crippen LogP contribution in [0, 0.1) is 11.8 Å². The summed E-state index contributed by atoms with van der Waals surface area (Å²) in [6, 6.07) is 8.33. The molecule has 0 bridgehead atoms. The summed E-state index contributed by atoms with van der Waals surface area (Å²) >= 11 is 0. The smallest absolute Gasteiger partial charge is 0.0681 e. The van der Waals surface area contributed by atoms with Crippen LogP contribution in [0.1, 0.15) is 57.6 Å². The van der Waals surface area contributed by atoms with Crippen LogP contribution in [0.3, 0.4) is 0 Å². The lowest BCUT2D eigenvalue weighted by molar-refractivity contribution is 0.282. The second-order valence-corrected chi connectivity index (χ2v) is 5.80. The maximum atomic E-state index is 8.97. The Bertz CT molecular complexity index is 313. The zero-order chi connectivity index (χ0) is 13.4. The van der Waals surface area contributed by atoms with E-state index in [0.29, 0.717) is 0 Å². The van der Waals surface area contributed by atoms with Gasteiger partial charge in [-0.1, -0.05) is 64.3 Å². The summed E-state index contributed by atoms with van der Waals surface area (Å²) in [4.78, 5) is 0. The highest BCUT2D eigenvalue weighted by atomic mass is 16.3. The van der Waals surface area contributed by atoms with Crippen molar-refractivity contribution in [1.82, 2.24) is 0 Å². The van der Waals surface area contributed by atoms with Gasteiger partial charge in [-0.25, -0.2) is 0 Å². The lowest BCUT2D eigenvalue weighted by Crippen LogP contribution is -2.03. The molecule has 0 aromatic heterocycles. The summed E-state index contributed by atoms with van der Waals surface area (Å²) in [6.07, 6.45) is 6.50. The molecule has 1 rings (SSSR count). The molecule has 0 aliphatic carbocycles. The molecule has 1 aromatic carbocycles. The van der Waals surface area contributed by atoms with Gasteiger partial charge >= 0.3 is 0 Å². The van der Waals surface area contributed by atoms with Crippen LogP contribution in [-0.2, 0) is 13.0 Å². The highest BCUT2D eigenvalue weighted by Crippen LogP contribution is 2.18. The van der Waals surface area contributed by atoms with Crippen LogP contribution in [0.15, 0.2) is 24.3 Å². The first-order valence-electron chi connectivity index (χ1n) is 7.32. The van der Waals surface area contributed by atoms with E-state index in [1.54, 1.807) is 0 Å². The molecular formula is C17H28O. The SMILES string of the molecule is CC(C)C(C)CCCCCc1ccc(CO)cc1. The average Bonchev–Trinajstić information content (AvgIpc) is 2.38. The Morgan fingerprint density at radius 2 is 1.50 bits per heavy atom. The Hall–Kier alpha value is -0.820. The van der Waals surface area contributed by atoms with Crippen molar-refractivity contribution in [3.05, 3.63) is 35.4 Å². The molecule has 1 nitrogen and oxygen atoms in total. The molecule has 0 saturated carbocycles. The Kier molecular flexibility index (Phi) is 7.04. The van der Waals surface area contributed by atoms with E-state index in [-0.39, 0.29) is 6.61 Å². The lowest BCUT2D eigenvalue weighted by Gasteiger charge is -2.14. The molecule has 0 saturated heterocycles. The van der Waals surface area contributed by atoms with E-state index in [9.17, 15) is 0 Å². The van der Waals surface area contributed by atoms with Gasteiger partial charge in [0.15, 0.2) is 0 Å². The summed E-state index contributed by atoms with van der Waals surface area (Å²) in [5.41, 5.74) is 2.40. The first-order valence-corrected chi connectivity index (χ1v) is 7.32. The monoisotopic (exact) mass is 248 g/mol. The number of aliphatic hydroxyl groups excluding tert-OH is 1. The zero-order valence-corrected chi connectivity index (χ0v) is 12.2. The van der Waals surface area contributed by atoms with Crippen molar-refractivity contribution in [3.63, 3.8) is 0 Å². The predicted octanol–water partition coefficient (Wildman–Crippen LogP) is 4.57. The van der Waals surface area contributed by atoms with Crippen LogP contribution < -0.4 is 0 Å². The predicted molar refractivity (Wildman–Crippen MR) is 78.5 cm³/mol. The van der Waals surface area contributed by atoms with E-state index in [1.165, 1.54) is 37.7 Å². The Balaban J connectivity index is 2.14. The van der Waals surface area contributed by atoms with Crippen LogP contribution in [0.25, 0.3) is 0 Å². The number of aryl methyl sites for hydroxylation is 1. The van der Waals surface area contributed by atoms with E-state index in [1.807, 2.05) is 12.1 Å². The van der Waals surface area contributed by atoms with Crippen molar-refractivity contribution in [2.45, 2.75) is 59.5 Å². The second-order valence-electron chi connectivity index (χ2n) is 5.80. The molecular weight excluding hydrogens is 220 g/mol. The van der Waals surface area contributed by atoms with Crippen molar-refractivity contribution >= 4 is 0 Å². The van der Waals surface area contributed by atoms with Gasteiger partial charge in [0.2, 0.25) is 0 Å². The van der Waals surface area contributed by atoms with E-state index < -0.39 is 0 Å². The molecule has 0 amide bonds. The van der Waals surface area contributed by atoms with E-state index in [0.717, 1.165) is 17.4 Å². The fraction of sp³-hybridized carbons (Fsp3) is 0.647. The summed E-state index contributed by atoms with van der Waals surface area (Å²) in [7, 11) is 0.